The fourth-order valence-corrected chi connectivity index (χ4v) is 4.16. The number of nitrogens with zero attached hydrogens (tertiary/aromatic N) is 2. The van der Waals surface area contributed by atoms with Gasteiger partial charge in [0.2, 0.25) is 0 Å². The Hall–Kier alpha value is -2.38. The summed E-state index contributed by atoms with van der Waals surface area (Å²) in [6.07, 6.45) is 0.717. The van der Waals surface area contributed by atoms with E-state index in [2.05, 4.69) is 0 Å². The van der Waals surface area contributed by atoms with Gasteiger partial charge in [-0.3, -0.25) is 14.9 Å². The molecule has 2 aromatic carbocycles. The van der Waals surface area contributed by atoms with Crippen LogP contribution in [0.5, 0.6) is 0 Å². The number of carbonyl (C=O) groups is 1. The number of rotatable bonds is 4. The Morgan fingerprint density at radius 3 is 2.59 bits per heavy atom. The van der Waals surface area contributed by atoms with Crippen LogP contribution in [-0.2, 0) is 0 Å². The van der Waals surface area contributed by atoms with E-state index in [4.69, 9.17) is 5.73 Å². The van der Waals surface area contributed by atoms with Crippen molar-refractivity contribution in [2.45, 2.75) is 36.1 Å². The molecule has 6 nitrogen and oxygen atoms in total. The lowest BCUT2D eigenvalue weighted by Gasteiger charge is -2.42. The number of likely N-dealkylation sites (tertiary alicyclic amines) is 1. The maximum absolute atomic E-state index is 13.2. The lowest BCUT2D eigenvalue weighted by atomic mass is 9.79. The van der Waals surface area contributed by atoms with Gasteiger partial charge in [-0.05, 0) is 30.0 Å². The maximum atomic E-state index is 13.2. The summed E-state index contributed by atoms with van der Waals surface area (Å²) < 4.78 is 0. The molecule has 0 saturated carbocycles. The van der Waals surface area contributed by atoms with E-state index >= 15 is 0 Å². The molecule has 0 radical (unpaired) electrons. The van der Waals surface area contributed by atoms with Crippen molar-refractivity contribution in [2.24, 2.45) is 11.1 Å². The molecule has 142 valence electrons. The largest absolute Gasteiger partial charge is 0.338 e. The minimum Gasteiger partial charge on any atom is -0.338 e. The second-order valence-electron chi connectivity index (χ2n) is 7.46. The Bertz CT molecular complexity index is 855. The molecule has 2 N–H and O–H groups in total. The van der Waals surface area contributed by atoms with Crippen molar-refractivity contribution in [1.82, 2.24) is 4.90 Å². The molecule has 3 rings (SSSR count). The van der Waals surface area contributed by atoms with Gasteiger partial charge in [0, 0.05) is 41.1 Å². The van der Waals surface area contributed by atoms with E-state index in [1.165, 1.54) is 23.9 Å². The number of hydrogen-bond donors (Lipinski definition) is 1. The average molecular weight is 385 g/mol. The number of nitro groups is 1. The van der Waals surface area contributed by atoms with Crippen molar-refractivity contribution in [3.05, 3.63) is 64.2 Å². The molecule has 0 aliphatic carbocycles. The van der Waals surface area contributed by atoms with Crippen molar-refractivity contribution >= 4 is 23.4 Å². The van der Waals surface area contributed by atoms with Crippen LogP contribution in [-0.4, -0.2) is 34.9 Å². The Labute approximate surface area is 162 Å². The molecule has 7 heteroatoms. The van der Waals surface area contributed by atoms with Crippen LogP contribution in [0.4, 0.5) is 5.69 Å². The summed E-state index contributed by atoms with van der Waals surface area (Å²) in [6, 6.07) is 14.2. The van der Waals surface area contributed by atoms with Gasteiger partial charge < -0.3 is 10.6 Å². The van der Waals surface area contributed by atoms with Crippen LogP contribution in [0.1, 0.15) is 30.6 Å². The van der Waals surface area contributed by atoms with E-state index in [1.54, 1.807) is 11.0 Å². The molecule has 1 fully saturated rings. The van der Waals surface area contributed by atoms with E-state index in [-0.39, 0.29) is 23.1 Å². The predicted octanol–water partition coefficient (Wildman–Crippen LogP) is 3.95. The molecule has 1 heterocycles. The molecule has 1 aliphatic rings. The fourth-order valence-electron chi connectivity index (χ4n) is 3.22. The summed E-state index contributed by atoms with van der Waals surface area (Å²) in [5.41, 5.74) is 6.27. The molecule has 1 amide bonds. The quantitative estimate of drug-likeness (QED) is 0.636. The Morgan fingerprint density at radius 1 is 1.26 bits per heavy atom. The highest BCUT2D eigenvalue weighted by molar-refractivity contribution is 7.99. The summed E-state index contributed by atoms with van der Waals surface area (Å²) >= 11 is 1.43. The van der Waals surface area contributed by atoms with Crippen molar-refractivity contribution < 1.29 is 9.72 Å². The van der Waals surface area contributed by atoms with E-state index in [0.717, 1.165) is 11.3 Å². The number of piperidine rings is 1. The zero-order valence-corrected chi connectivity index (χ0v) is 16.2. The highest BCUT2D eigenvalue weighted by Crippen LogP contribution is 2.35. The lowest BCUT2D eigenvalue weighted by Crippen LogP contribution is -2.54. The SMILES string of the molecule is CC1(C)CN(C(=O)c2cc([N+](=O)[O-])ccc2Sc2ccccc2)CCC1N. The zero-order valence-electron chi connectivity index (χ0n) is 15.4. The first-order valence-corrected chi connectivity index (χ1v) is 9.66. The molecule has 0 spiro atoms. The van der Waals surface area contributed by atoms with Crippen LogP contribution in [0.15, 0.2) is 58.3 Å². The topological polar surface area (TPSA) is 89.5 Å². The average Bonchev–Trinajstić information content (AvgIpc) is 2.64. The van der Waals surface area contributed by atoms with Crippen LogP contribution >= 0.6 is 11.8 Å². The van der Waals surface area contributed by atoms with Crippen LogP contribution in [0.2, 0.25) is 0 Å². The molecule has 1 saturated heterocycles. The van der Waals surface area contributed by atoms with Gasteiger partial charge in [0.25, 0.3) is 11.6 Å². The molecular formula is C20H23N3O3S. The van der Waals surface area contributed by atoms with Crippen molar-refractivity contribution in [2.75, 3.05) is 13.1 Å². The fraction of sp³-hybridized carbons (Fsp3) is 0.350. The highest BCUT2D eigenvalue weighted by Gasteiger charge is 2.36. The molecule has 2 aromatic rings. The standard InChI is InChI=1S/C20H23N3O3S/c1-20(2)13-22(11-10-18(20)21)19(24)16-12-14(23(25)26)8-9-17(16)27-15-6-4-3-5-7-15/h3-9,12,18H,10-11,13,21H2,1-2H3. The van der Waals surface area contributed by atoms with Gasteiger partial charge in [-0.1, -0.05) is 43.8 Å². The third-order valence-electron chi connectivity index (χ3n) is 4.97. The van der Waals surface area contributed by atoms with Crippen LogP contribution in [0, 0.1) is 15.5 Å². The molecule has 0 aromatic heterocycles. The normalized spacial score (nSPS) is 18.9. The lowest BCUT2D eigenvalue weighted by molar-refractivity contribution is -0.384. The van der Waals surface area contributed by atoms with E-state index in [0.29, 0.717) is 23.5 Å². The van der Waals surface area contributed by atoms with Gasteiger partial charge in [0.1, 0.15) is 0 Å². The minimum atomic E-state index is -0.468. The van der Waals surface area contributed by atoms with Gasteiger partial charge >= 0.3 is 0 Å². The van der Waals surface area contributed by atoms with E-state index in [1.807, 2.05) is 44.2 Å². The van der Waals surface area contributed by atoms with Crippen molar-refractivity contribution in [1.29, 1.82) is 0 Å². The first-order chi connectivity index (χ1) is 12.8. The van der Waals surface area contributed by atoms with Gasteiger partial charge in [-0.25, -0.2) is 0 Å². The smallest absolute Gasteiger partial charge is 0.270 e. The number of benzene rings is 2. The van der Waals surface area contributed by atoms with Crippen molar-refractivity contribution in [3.8, 4) is 0 Å². The third-order valence-corrected chi connectivity index (χ3v) is 6.06. The summed E-state index contributed by atoms with van der Waals surface area (Å²) in [5.74, 6) is -0.183. The van der Waals surface area contributed by atoms with Crippen LogP contribution < -0.4 is 5.73 Å². The van der Waals surface area contributed by atoms with Gasteiger partial charge in [-0.2, -0.15) is 0 Å². The predicted molar refractivity (Wildman–Crippen MR) is 106 cm³/mol. The minimum absolute atomic E-state index is 0.0322. The van der Waals surface area contributed by atoms with Crippen molar-refractivity contribution in [3.63, 3.8) is 0 Å². The zero-order chi connectivity index (χ0) is 19.6. The second-order valence-corrected chi connectivity index (χ2v) is 8.58. The summed E-state index contributed by atoms with van der Waals surface area (Å²) in [5, 5.41) is 11.2. The molecule has 0 bridgehead atoms. The number of non-ortho nitro benzene ring substituents is 1. The van der Waals surface area contributed by atoms with E-state index in [9.17, 15) is 14.9 Å². The number of nitrogens with two attached hydrogens (primary N) is 1. The Morgan fingerprint density at radius 2 is 1.96 bits per heavy atom. The second kappa shape index (κ2) is 7.70. The summed E-state index contributed by atoms with van der Waals surface area (Å²) in [7, 11) is 0. The van der Waals surface area contributed by atoms with Gasteiger partial charge in [-0.15, -0.1) is 0 Å². The maximum Gasteiger partial charge on any atom is 0.270 e. The van der Waals surface area contributed by atoms with E-state index < -0.39 is 4.92 Å². The molecule has 1 aliphatic heterocycles. The molecule has 27 heavy (non-hydrogen) atoms. The molecular weight excluding hydrogens is 362 g/mol. The number of amides is 1. The monoisotopic (exact) mass is 385 g/mol. The number of carbonyl (C=O) groups excluding carboxylic acids is 1. The molecule has 1 atom stereocenters. The summed E-state index contributed by atoms with van der Waals surface area (Å²) in [4.78, 5) is 27.4. The Balaban J connectivity index is 1.95. The van der Waals surface area contributed by atoms with Crippen LogP contribution in [0.25, 0.3) is 0 Å². The van der Waals surface area contributed by atoms with Gasteiger partial charge in [0.05, 0.1) is 10.5 Å². The number of hydrogen-bond acceptors (Lipinski definition) is 5. The molecule has 1 unspecified atom stereocenters. The first kappa shape index (κ1) is 19.4. The number of nitro benzene ring substituents is 1. The third kappa shape index (κ3) is 4.31. The van der Waals surface area contributed by atoms with Gasteiger partial charge in [0.15, 0.2) is 0 Å². The summed E-state index contributed by atoms with van der Waals surface area (Å²) in [6.45, 7) is 5.18. The highest BCUT2D eigenvalue weighted by atomic mass is 32.2. The Kier molecular flexibility index (Phi) is 5.53. The van der Waals surface area contributed by atoms with Crippen LogP contribution in [0.3, 0.4) is 0 Å². The first-order valence-electron chi connectivity index (χ1n) is 8.84.